The van der Waals surface area contributed by atoms with Crippen LogP contribution < -0.4 is 15.4 Å². The number of methoxy groups -OCH3 is 1. The third-order valence-electron chi connectivity index (χ3n) is 3.68. The summed E-state index contributed by atoms with van der Waals surface area (Å²) in [6, 6.07) is 14.1. The molecule has 6 heteroatoms. The molecule has 2 rings (SSSR count). The number of aliphatic hydroxyl groups excluding tert-OH is 1. The maximum atomic E-state index is 12.0. The molecule has 0 fully saturated rings. The molecule has 5 nitrogen and oxygen atoms in total. The van der Waals surface area contributed by atoms with Crippen molar-refractivity contribution in [3.63, 3.8) is 0 Å². The second-order valence-electron chi connectivity index (χ2n) is 5.42. The molecule has 2 aromatic carbocycles. The molecule has 0 aliphatic carbocycles. The molecule has 0 saturated carbocycles. The summed E-state index contributed by atoms with van der Waals surface area (Å²) >= 11 is 3.35. The highest BCUT2D eigenvalue weighted by atomic mass is 79.9. The van der Waals surface area contributed by atoms with Crippen LogP contribution >= 0.6 is 15.9 Å². The normalized spacial score (nSPS) is 13.0. The Kier molecular flexibility index (Phi) is 6.63. The third kappa shape index (κ3) is 4.97. The van der Waals surface area contributed by atoms with E-state index in [4.69, 9.17) is 4.74 Å². The van der Waals surface area contributed by atoms with Crippen molar-refractivity contribution in [3.05, 3.63) is 64.1 Å². The van der Waals surface area contributed by atoms with Crippen molar-refractivity contribution in [3.8, 4) is 5.75 Å². The zero-order chi connectivity index (χ0) is 17.5. The minimum absolute atomic E-state index is 0.343. The molecule has 0 saturated heterocycles. The van der Waals surface area contributed by atoms with Gasteiger partial charge in [-0.15, -0.1) is 0 Å². The van der Waals surface area contributed by atoms with Gasteiger partial charge in [0.25, 0.3) is 0 Å². The van der Waals surface area contributed by atoms with Crippen LogP contribution in [-0.4, -0.2) is 24.3 Å². The fourth-order valence-corrected chi connectivity index (χ4v) is 2.57. The second-order valence-corrected chi connectivity index (χ2v) is 6.34. The van der Waals surface area contributed by atoms with Gasteiger partial charge in [-0.25, -0.2) is 4.79 Å². The van der Waals surface area contributed by atoms with E-state index in [0.29, 0.717) is 6.54 Å². The standard InChI is InChI=1S/C18H21BrN2O3/c1-12(17(22)13-7-9-15(19)10-8-13)21-18(23)20-11-14-5-3-4-6-16(14)24-2/h3-10,12,17,22H,11H2,1-2H3,(H2,20,21,23). The Morgan fingerprint density at radius 2 is 1.88 bits per heavy atom. The lowest BCUT2D eigenvalue weighted by Gasteiger charge is -2.21. The third-order valence-corrected chi connectivity index (χ3v) is 4.20. The number of carbonyl (C=O) groups excluding carboxylic acids is 1. The van der Waals surface area contributed by atoms with Gasteiger partial charge in [0.1, 0.15) is 5.75 Å². The van der Waals surface area contributed by atoms with Crippen LogP contribution in [0.2, 0.25) is 0 Å². The molecule has 0 bridgehead atoms. The van der Waals surface area contributed by atoms with Crippen molar-refractivity contribution in [2.45, 2.75) is 25.6 Å². The van der Waals surface area contributed by atoms with E-state index in [9.17, 15) is 9.90 Å². The molecule has 3 N–H and O–H groups in total. The maximum absolute atomic E-state index is 12.0. The molecular formula is C18H21BrN2O3. The average Bonchev–Trinajstić information content (AvgIpc) is 2.60. The summed E-state index contributed by atoms with van der Waals surface area (Å²) in [5.74, 6) is 0.723. The van der Waals surface area contributed by atoms with Gasteiger partial charge >= 0.3 is 6.03 Å². The fraction of sp³-hybridized carbons (Fsp3) is 0.278. The Labute approximate surface area is 150 Å². The van der Waals surface area contributed by atoms with Crippen LogP contribution in [-0.2, 0) is 6.54 Å². The van der Waals surface area contributed by atoms with Crippen LogP contribution in [0.3, 0.4) is 0 Å². The number of ether oxygens (including phenoxy) is 1. The molecule has 2 aromatic rings. The van der Waals surface area contributed by atoms with Crippen LogP contribution in [0.15, 0.2) is 53.0 Å². The molecule has 0 aliphatic rings. The van der Waals surface area contributed by atoms with Gasteiger partial charge in [0, 0.05) is 16.6 Å². The van der Waals surface area contributed by atoms with Gasteiger partial charge in [-0.2, -0.15) is 0 Å². The number of para-hydroxylation sites is 1. The average molecular weight is 393 g/mol. The van der Waals surface area contributed by atoms with E-state index in [1.807, 2.05) is 48.5 Å². The molecule has 128 valence electrons. The SMILES string of the molecule is COc1ccccc1CNC(=O)NC(C)C(O)c1ccc(Br)cc1. The lowest BCUT2D eigenvalue weighted by Crippen LogP contribution is -2.43. The zero-order valence-electron chi connectivity index (χ0n) is 13.6. The molecule has 2 amide bonds. The number of hydrogen-bond acceptors (Lipinski definition) is 3. The Morgan fingerprint density at radius 1 is 1.21 bits per heavy atom. The topological polar surface area (TPSA) is 70.6 Å². The van der Waals surface area contributed by atoms with Crippen molar-refractivity contribution >= 4 is 22.0 Å². The smallest absolute Gasteiger partial charge is 0.315 e. The zero-order valence-corrected chi connectivity index (χ0v) is 15.2. The first-order valence-electron chi connectivity index (χ1n) is 7.61. The minimum Gasteiger partial charge on any atom is -0.496 e. The molecule has 2 atom stereocenters. The molecular weight excluding hydrogens is 372 g/mol. The lowest BCUT2D eigenvalue weighted by molar-refractivity contribution is 0.137. The van der Waals surface area contributed by atoms with E-state index in [2.05, 4.69) is 26.6 Å². The predicted molar refractivity (Wildman–Crippen MR) is 96.9 cm³/mol. The van der Waals surface area contributed by atoms with Gasteiger partial charge in [0.05, 0.1) is 19.3 Å². The monoisotopic (exact) mass is 392 g/mol. The number of urea groups is 1. The Bertz CT molecular complexity index is 676. The number of halogens is 1. The van der Waals surface area contributed by atoms with Gasteiger partial charge in [-0.05, 0) is 30.7 Å². The molecule has 2 unspecified atom stereocenters. The Balaban J connectivity index is 1.88. The van der Waals surface area contributed by atoms with Crippen LogP contribution in [0.25, 0.3) is 0 Å². The van der Waals surface area contributed by atoms with Gasteiger partial charge in [-0.3, -0.25) is 0 Å². The lowest BCUT2D eigenvalue weighted by atomic mass is 10.0. The van der Waals surface area contributed by atoms with Crippen LogP contribution in [0.1, 0.15) is 24.2 Å². The van der Waals surface area contributed by atoms with Crippen LogP contribution in [0.5, 0.6) is 5.75 Å². The summed E-state index contributed by atoms with van der Waals surface area (Å²) in [5, 5.41) is 15.8. The molecule has 0 aliphatic heterocycles. The van der Waals surface area contributed by atoms with Crippen LogP contribution in [0.4, 0.5) is 4.79 Å². The predicted octanol–water partition coefficient (Wildman–Crippen LogP) is 3.38. The van der Waals surface area contributed by atoms with Gasteiger partial charge in [-0.1, -0.05) is 46.3 Å². The first-order valence-corrected chi connectivity index (χ1v) is 8.40. The summed E-state index contributed by atoms with van der Waals surface area (Å²) in [7, 11) is 1.59. The van der Waals surface area contributed by atoms with E-state index >= 15 is 0 Å². The second kappa shape index (κ2) is 8.70. The van der Waals surface area contributed by atoms with E-state index < -0.39 is 12.1 Å². The Morgan fingerprint density at radius 3 is 2.54 bits per heavy atom. The van der Waals surface area contributed by atoms with E-state index in [1.54, 1.807) is 14.0 Å². The molecule has 0 spiro atoms. The van der Waals surface area contributed by atoms with Gasteiger partial charge in [0.2, 0.25) is 0 Å². The summed E-state index contributed by atoms with van der Waals surface area (Å²) in [6.45, 7) is 2.10. The first-order chi connectivity index (χ1) is 11.5. The van der Waals surface area contributed by atoms with Crippen molar-refractivity contribution < 1.29 is 14.6 Å². The van der Waals surface area contributed by atoms with E-state index in [1.165, 1.54) is 0 Å². The van der Waals surface area contributed by atoms with Crippen molar-refractivity contribution in [2.75, 3.05) is 7.11 Å². The minimum atomic E-state index is -0.782. The van der Waals surface area contributed by atoms with E-state index in [-0.39, 0.29) is 6.03 Å². The summed E-state index contributed by atoms with van der Waals surface area (Å²) < 4.78 is 6.19. The quantitative estimate of drug-likeness (QED) is 0.705. The molecule has 0 aromatic heterocycles. The number of nitrogens with one attached hydrogen (secondary N) is 2. The fourth-order valence-electron chi connectivity index (χ4n) is 2.31. The maximum Gasteiger partial charge on any atom is 0.315 e. The number of carbonyl (C=O) groups is 1. The summed E-state index contributed by atoms with van der Waals surface area (Å²) in [4.78, 5) is 12.0. The Hall–Kier alpha value is -2.05. The molecule has 0 heterocycles. The largest absolute Gasteiger partial charge is 0.496 e. The summed E-state index contributed by atoms with van der Waals surface area (Å²) in [6.07, 6.45) is -0.782. The number of amides is 2. The van der Waals surface area contributed by atoms with Gasteiger partial charge < -0.3 is 20.5 Å². The number of aliphatic hydroxyl groups is 1. The van der Waals surface area contributed by atoms with Crippen LogP contribution in [0, 0.1) is 0 Å². The van der Waals surface area contributed by atoms with Crippen molar-refractivity contribution in [1.29, 1.82) is 0 Å². The van der Waals surface area contributed by atoms with Crippen molar-refractivity contribution in [1.82, 2.24) is 10.6 Å². The number of rotatable bonds is 6. The van der Waals surface area contributed by atoms with E-state index in [0.717, 1.165) is 21.3 Å². The van der Waals surface area contributed by atoms with Crippen molar-refractivity contribution in [2.24, 2.45) is 0 Å². The highest BCUT2D eigenvalue weighted by Gasteiger charge is 2.18. The number of hydrogen-bond donors (Lipinski definition) is 3. The number of benzene rings is 2. The highest BCUT2D eigenvalue weighted by Crippen LogP contribution is 2.20. The summed E-state index contributed by atoms with van der Waals surface area (Å²) in [5.41, 5.74) is 1.63. The van der Waals surface area contributed by atoms with Gasteiger partial charge in [0.15, 0.2) is 0 Å². The molecule has 24 heavy (non-hydrogen) atoms. The first kappa shape index (κ1) is 18.3. The highest BCUT2D eigenvalue weighted by molar-refractivity contribution is 9.10. The molecule has 0 radical (unpaired) electrons.